The molecule has 3 aromatic heterocycles. The van der Waals surface area contributed by atoms with Crippen LogP contribution < -0.4 is 15.2 Å². The zero-order chi connectivity index (χ0) is 23.1. The van der Waals surface area contributed by atoms with E-state index in [0.29, 0.717) is 16.3 Å². The van der Waals surface area contributed by atoms with E-state index in [2.05, 4.69) is 28.9 Å². The predicted molar refractivity (Wildman–Crippen MR) is 131 cm³/mol. The molecular weight excluding hydrogens is 439 g/mol. The Morgan fingerprint density at radius 1 is 1.18 bits per heavy atom. The lowest BCUT2D eigenvalue weighted by Gasteiger charge is -2.21. The van der Waals surface area contributed by atoms with E-state index in [4.69, 9.17) is 4.74 Å². The first-order chi connectivity index (χ1) is 15.9. The van der Waals surface area contributed by atoms with Gasteiger partial charge in [0.25, 0.3) is 5.56 Å². The molecular formula is C25H25FN4O2S. The Morgan fingerprint density at radius 3 is 2.70 bits per heavy atom. The molecule has 0 saturated carbocycles. The minimum Gasteiger partial charge on any atom is -0.494 e. The van der Waals surface area contributed by atoms with Gasteiger partial charge in [-0.15, -0.1) is 11.3 Å². The number of hydrogen-bond donors (Lipinski definition) is 0. The fourth-order valence-corrected chi connectivity index (χ4v) is 5.35. The van der Waals surface area contributed by atoms with Crippen molar-refractivity contribution >= 4 is 27.2 Å². The minimum atomic E-state index is -0.425. The summed E-state index contributed by atoms with van der Waals surface area (Å²) in [5.74, 6) is 0.701. The maximum atomic E-state index is 14.2. The van der Waals surface area contributed by atoms with Crippen LogP contribution in [0.2, 0.25) is 0 Å². The number of hydrogen-bond acceptors (Lipinski definition) is 6. The molecule has 4 heterocycles. The monoisotopic (exact) mass is 464 g/mol. The van der Waals surface area contributed by atoms with Gasteiger partial charge in [-0.3, -0.25) is 9.36 Å². The number of benzene rings is 1. The maximum Gasteiger partial charge on any atom is 0.273 e. The molecule has 4 aromatic rings. The zero-order valence-electron chi connectivity index (χ0n) is 18.8. The van der Waals surface area contributed by atoms with E-state index in [1.54, 1.807) is 29.1 Å². The van der Waals surface area contributed by atoms with Crippen molar-refractivity contribution in [3.63, 3.8) is 0 Å². The van der Waals surface area contributed by atoms with Crippen LogP contribution in [0.25, 0.3) is 26.2 Å². The van der Waals surface area contributed by atoms with E-state index in [9.17, 15) is 9.18 Å². The molecule has 0 radical (unpaired) electrons. The minimum absolute atomic E-state index is 0.110. The lowest BCUT2D eigenvalue weighted by molar-refractivity contribution is 0.315. The van der Waals surface area contributed by atoms with Gasteiger partial charge in [0.1, 0.15) is 10.5 Å². The number of aromatic nitrogens is 2. The van der Waals surface area contributed by atoms with Crippen LogP contribution in [0, 0.1) is 5.82 Å². The molecule has 0 unspecified atom stereocenters. The van der Waals surface area contributed by atoms with Crippen LogP contribution in [0.4, 0.5) is 10.2 Å². The van der Waals surface area contributed by atoms with Gasteiger partial charge >= 0.3 is 0 Å². The van der Waals surface area contributed by atoms with Gasteiger partial charge in [-0.05, 0) is 68.5 Å². The van der Waals surface area contributed by atoms with Crippen LogP contribution in [0.5, 0.6) is 5.75 Å². The largest absolute Gasteiger partial charge is 0.494 e. The normalized spacial score (nSPS) is 16.2. The Bertz CT molecular complexity index is 1360. The average molecular weight is 465 g/mol. The molecule has 0 spiro atoms. The SMILES string of the molecule is COc1ccc(-c2cc3ccn(-c4ccc(N5CC[C@@H](N(C)C)C5)nc4)c(=O)c3s2)cc1F. The van der Waals surface area contributed by atoms with Crippen molar-refractivity contribution in [2.75, 3.05) is 39.2 Å². The van der Waals surface area contributed by atoms with Crippen LogP contribution in [0.15, 0.2) is 59.7 Å². The van der Waals surface area contributed by atoms with Gasteiger partial charge in [-0.2, -0.15) is 0 Å². The third-order valence-electron chi connectivity index (χ3n) is 6.24. The highest BCUT2D eigenvalue weighted by atomic mass is 32.1. The van der Waals surface area contributed by atoms with Crippen LogP contribution in [-0.2, 0) is 0 Å². The predicted octanol–water partition coefficient (Wildman–Crippen LogP) is 4.40. The Morgan fingerprint density at radius 2 is 2.03 bits per heavy atom. The molecule has 8 heteroatoms. The number of fused-ring (bicyclic) bond motifs is 1. The highest BCUT2D eigenvalue weighted by molar-refractivity contribution is 7.22. The summed E-state index contributed by atoms with van der Waals surface area (Å²) in [5, 5.41) is 0.837. The summed E-state index contributed by atoms with van der Waals surface area (Å²) < 4.78 is 21.4. The van der Waals surface area contributed by atoms with Crippen molar-refractivity contribution in [3.05, 3.63) is 71.0 Å². The summed E-state index contributed by atoms with van der Waals surface area (Å²) >= 11 is 1.36. The smallest absolute Gasteiger partial charge is 0.273 e. The summed E-state index contributed by atoms with van der Waals surface area (Å²) in [4.78, 5) is 23.2. The number of likely N-dealkylation sites (N-methyl/N-ethyl adjacent to an activating group) is 1. The summed E-state index contributed by atoms with van der Waals surface area (Å²) in [5.41, 5.74) is 1.33. The molecule has 1 saturated heterocycles. The summed E-state index contributed by atoms with van der Waals surface area (Å²) in [6.45, 7) is 1.93. The van der Waals surface area contributed by atoms with Crippen molar-refractivity contribution in [2.45, 2.75) is 12.5 Å². The van der Waals surface area contributed by atoms with Gasteiger partial charge in [-0.1, -0.05) is 0 Å². The van der Waals surface area contributed by atoms with E-state index >= 15 is 0 Å². The van der Waals surface area contributed by atoms with E-state index in [1.165, 1.54) is 24.5 Å². The summed E-state index contributed by atoms with van der Waals surface area (Å²) in [7, 11) is 5.65. The number of thiophene rings is 1. The van der Waals surface area contributed by atoms with Gasteiger partial charge in [0, 0.05) is 35.6 Å². The van der Waals surface area contributed by atoms with E-state index in [-0.39, 0.29) is 11.3 Å². The molecule has 0 aliphatic carbocycles. The molecule has 1 aromatic carbocycles. The number of nitrogens with zero attached hydrogens (tertiary/aromatic N) is 4. The van der Waals surface area contributed by atoms with Gasteiger partial charge in [0.2, 0.25) is 0 Å². The summed E-state index contributed by atoms with van der Waals surface area (Å²) in [6.07, 6.45) is 4.63. The molecule has 5 rings (SSSR count). The van der Waals surface area contributed by atoms with Crippen LogP contribution in [-0.4, -0.2) is 54.8 Å². The number of pyridine rings is 2. The van der Waals surface area contributed by atoms with Gasteiger partial charge in [0.05, 0.1) is 19.0 Å². The van der Waals surface area contributed by atoms with Gasteiger partial charge in [-0.25, -0.2) is 9.37 Å². The van der Waals surface area contributed by atoms with Crippen molar-refractivity contribution in [3.8, 4) is 21.9 Å². The summed E-state index contributed by atoms with van der Waals surface area (Å²) in [6, 6.07) is 13.1. The number of anilines is 1. The van der Waals surface area contributed by atoms with E-state index < -0.39 is 5.82 Å². The highest BCUT2D eigenvalue weighted by Crippen LogP contribution is 2.34. The molecule has 170 valence electrons. The molecule has 1 aliphatic rings. The standard InChI is InChI=1S/C25H25FN4O2S/c1-28(2)19-9-10-29(15-19)23-7-5-18(14-27-23)30-11-8-17-13-22(33-24(17)25(30)31)16-4-6-21(32-3)20(26)12-16/h4-8,11-14,19H,9-10,15H2,1-3H3/t19-/m1/s1. The first-order valence-corrected chi connectivity index (χ1v) is 11.6. The Labute approximate surface area is 195 Å². The van der Waals surface area contributed by atoms with Gasteiger partial charge < -0.3 is 14.5 Å². The molecule has 0 amide bonds. The van der Waals surface area contributed by atoms with Crippen molar-refractivity contribution in [2.24, 2.45) is 0 Å². The molecule has 1 fully saturated rings. The van der Waals surface area contributed by atoms with Crippen LogP contribution in [0.3, 0.4) is 0 Å². The van der Waals surface area contributed by atoms with Crippen molar-refractivity contribution in [1.29, 1.82) is 0 Å². The van der Waals surface area contributed by atoms with Crippen LogP contribution >= 0.6 is 11.3 Å². The third kappa shape index (κ3) is 4.00. The number of rotatable bonds is 5. The topological polar surface area (TPSA) is 50.6 Å². The molecule has 1 aliphatic heterocycles. The molecule has 1 atom stereocenters. The first kappa shape index (κ1) is 21.6. The molecule has 6 nitrogen and oxygen atoms in total. The van der Waals surface area contributed by atoms with Crippen LogP contribution in [0.1, 0.15) is 6.42 Å². The quantitative estimate of drug-likeness (QED) is 0.438. The fraction of sp³-hybridized carbons (Fsp3) is 0.280. The lowest BCUT2D eigenvalue weighted by atomic mass is 10.1. The van der Waals surface area contributed by atoms with Gasteiger partial charge in [0.15, 0.2) is 11.6 Å². The van der Waals surface area contributed by atoms with E-state index in [1.807, 2.05) is 24.3 Å². The second-order valence-corrected chi connectivity index (χ2v) is 9.51. The average Bonchev–Trinajstić information content (AvgIpc) is 3.48. The Hall–Kier alpha value is -3.23. The molecule has 33 heavy (non-hydrogen) atoms. The Balaban J connectivity index is 1.44. The highest BCUT2D eigenvalue weighted by Gasteiger charge is 2.24. The second-order valence-electron chi connectivity index (χ2n) is 8.46. The number of halogens is 1. The molecule has 0 bridgehead atoms. The molecule has 0 N–H and O–H groups in total. The zero-order valence-corrected chi connectivity index (χ0v) is 19.6. The second kappa shape index (κ2) is 8.61. The van der Waals surface area contributed by atoms with Crippen molar-refractivity contribution in [1.82, 2.24) is 14.5 Å². The fourth-order valence-electron chi connectivity index (χ4n) is 4.27. The lowest BCUT2D eigenvalue weighted by Crippen LogP contribution is -2.31. The Kier molecular flexibility index (Phi) is 5.64. The maximum absolute atomic E-state index is 14.2. The number of ether oxygens (including phenoxy) is 1. The third-order valence-corrected chi connectivity index (χ3v) is 7.43. The van der Waals surface area contributed by atoms with E-state index in [0.717, 1.165) is 41.3 Å². The number of methoxy groups -OCH3 is 1. The first-order valence-electron chi connectivity index (χ1n) is 10.8. The van der Waals surface area contributed by atoms with Crippen molar-refractivity contribution < 1.29 is 9.13 Å².